The third-order valence-corrected chi connectivity index (χ3v) is 6.56. The van der Waals surface area contributed by atoms with Crippen molar-refractivity contribution in [2.75, 3.05) is 26.5 Å². The van der Waals surface area contributed by atoms with Crippen LogP contribution in [0.5, 0.6) is 5.75 Å². The third-order valence-electron chi connectivity index (χ3n) is 5.83. The number of cyclic esters (lactones) is 1. The van der Waals surface area contributed by atoms with Crippen LogP contribution in [0.25, 0.3) is 0 Å². The molecule has 1 aliphatic heterocycles. The van der Waals surface area contributed by atoms with E-state index in [1.807, 2.05) is 31.2 Å². The Morgan fingerprint density at radius 2 is 1.84 bits per heavy atom. The molecule has 1 unspecified atom stereocenters. The van der Waals surface area contributed by atoms with Crippen molar-refractivity contribution in [1.82, 2.24) is 9.62 Å². The molecular weight excluding hydrogens is 435 g/mol. The molecule has 32 heavy (non-hydrogen) atoms. The van der Waals surface area contributed by atoms with E-state index in [0.717, 1.165) is 17.6 Å². The molecule has 7 nitrogen and oxygen atoms in total. The smallest absolute Gasteiger partial charge is 0.411 e. The molecule has 0 bridgehead atoms. The molecule has 3 rings (SSSR count). The first-order valence-corrected chi connectivity index (χ1v) is 12.4. The van der Waals surface area contributed by atoms with Gasteiger partial charge >= 0.3 is 6.09 Å². The number of carbonyl (C=O) groups is 1. The van der Waals surface area contributed by atoms with Gasteiger partial charge in [0.1, 0.15) is 17.2 Å². The van der Waals surface area contributed by atoms with Gasteiger partial charge in [0.05, 0.1) is 19.4 Å². The zero-order chi connectivity index (χ0) is 23.4. The van der Waals surface area contributed by atoms with Crippen molar-refractivity contribution in [1.29, 1.82) is 0 Å². The van der Waals surface area contributed by atoms with Gasteiger partial charge in [0, 0.05) is 19.5 Å². The summed E-state index contributed by atoms with van der Waals surface area (Å²) in [5.41, 5.74) is 0.706. The summed E-state index contributed by atoms with van der Waals surface area (Å²) in [5, 5.41) is 0. The van der Waals surface area contributed by atoms with Crippen LogP contribution in [0.4, 0.5) is 9.18 Å². The first-order valence-electron chi connectivity index (χ1n) is 10.5. The van der Waals surface area contributed by atoms with Crippen LogP contribution in [0, 0.1) is 5.82 Å². The number of methoxy groups -OCH3 is 1. The SMILES string of the molecule is COc1ccc([C@H](C)N2CCC(CCCNS(C)(=O)=O)(c3ccc(F)cc3)OC2=O)cc1. The van der Waals surface area contributed by atoms with E-state index >= 15 is 0 Å². The molecule has 1 aliphatic rings. The van der Waals surface area contributed by atoms with Crippen LogP contribution in [0.2, 0.25) is 0 Å². The minimum Gasteiger partial charge on any atom is -0.497 e. The number of hydrogen-bond acceptors (Lipinski definition) is 5. The Labute approximate surface area is 188 Å². The molecule has 0 saturated carbocycles. The van der Waals surface area contributed by atoms with Gasteiger partial charge in [0.25, 0.3) is 0 Å². The zero-order valence-corrected chi connectivity index (χ0v) is 19.3. The van der Waals surface area contributed by atoms with Crippen LogP contribution >= 0.6 is 0 Å². The second kappa shape index (κ2) is 9.87. The predicted molar refractivity (Wildman–Crippen MR) is 119 cm³/mol. The fourth-order valence-corrected chi connectivity index (χ4v) is 4.51. The Hall–Kier alpha value is -2.65. The standard InChI is InChI=1S/C23H29FN2O5S/c1-17(18-5-11-21(30-2)12-6-18)26-16-14-23(31-22(26)27,13-4-15-25-32(3,28)29)19-7-9-20(24)10-8-19/h5-12,17,25H,4,13-16H2,1-3H3/t17-,23?/m0/s1. The number of sulfonamides is 1. The van der Waals surface area contributed by atoms with Crippen molar-refractivity contribution in [2.45, 2.75) is 37.8 Å². The van der Waals surface area contributed by atoms with Crippen molar-refractivity contribution in [2.24, 2.45) is 0 Å². The summed E-state index contributed by atoms with van der Waals surface area (Å²) in [6.07, 6.45) is 2.02. The summed E-state index contributed by atoms with van der Waals surface area (Å²) >= 11 is 0. The molecule has 1 amide bonds. The topological polar surface area (TPSA) is 84.9 Å². The average Bonchev–Trinajstić information content (AvgIpc) is 2.76. The van der Waals surface area contributed by atoms with Gasteiger partial charge in [-0.25, -0.2) is 22.3 Å². The summed E-state index contributed by atoms with van der Waals surface area (Å²) in [5.74, 6) is 0.361. The van der Waals surface area contributed by atoms with Crippen LogP contribution in [0.3, 0.4) is 0 Å². The number of rotatable bonds is 9. The first-order chi connectivity index (χ1) is 15.1. The predicted octanol–water partition coefficient (Wildman–Crippen LogP) is 3.96. The number of amides is 1. The summed E-state index contributed by atoms with van der Waals surface area (Å²) in [6, 6.07) is 13.2. The lowest BCUT2D eigenvalue weighted by Crippen LogP contribution is -2.49. The molecule has 0 aromatic heterocycles. The molecule has 0 spiro atoms. The minimum absolute atomic E-state index is 0.202. The lowest BCUT2D eigenvalue weighted by Gasteiger charge is -2.43. The van der Waals surface area contributed by atoms with Gasteiger partial charge in [0.2, 0.25) is 10.0 Å². The van der Waals surface area contributed by atoms with Crippen molar-refractivity contribution in [3.05, 3.63) is 65.5 Å². The van der Waals surface area contributed by atoms with Crippen LogP contribution in [0.1, 0.15) is 43.4 Å². The van der Waals surface area contributed by atoms with Crippen LogP contribution < -0.4 is 9.46 Å². The molecule has 1 fully saturated rings. The first kappa shape index (κ1) is 24.0. The Bertz CT molecular complexity index is 1030. The zero-order valence-electron chi connectivity index (χ0n) is 18.5. The van der Waals surface area contributed by atoms with Crippen LogP contribution in [-0.4, -0.2) is 45.9 Å². The molecule has 2 aromatic rings. The van der Waals surface area contributed by atoms with Crippen molar-refractivity contribution in [3.63, 3.8) is 0 Å². The Morgan fingerprint density at radius 3 is 2.41 bits per heavy atom. The second-order valence-corrected chi connectivity index (χ2v) is 9.86. The lowest BCUT2D eigenvalue weighted by atomic mass is 9.84. The number of benzene rings is 2. The molecule has 0 aliphatic carbocycles. The molecule has 1 N–H and O–H groups in total. The summed E-state index contributed by atoms with van der Waals surface area (Å²) in [4.78, 5) is 14.7. The number of halogens is 1. The van der Waals surface area contributed by atoms with Gasteiger partial charge < -0.3 is 14.4 Å². The maximum Gasteiger partial charge on any atom is 0.411 e. The number of nitrogens with one attached hydrogen (secondary N) is 1. The number of hydrogen-bond donors (Lipinski definition) is 1. The number of carbonyl (C=O) groups excluding carboxylic acids is 1. The van der Waals surface area contributed by atoms with Crippen LogP contribution in [-0.2, 0) is 20.4 Å². The highest BCUT2D eigenvalue weighted by atomic mass is 32.2. The Kier molecular flexibility index (Phi) is 7.40. The molecule has 1 saturated heterocycles. The average molecular weight is 465 g/mol. The Balaban J connectivity index is 1.77. The van der Waals surface area contributed by atoms with Gasteiger partial charge in [-0.05, 0) is 55.2 Å². The highest BCUT2D eigenvalue weighted by Crippen LogP contribution is 2.40. The molecule has 2 atom stereocenters. The summed E-state index contributed by atoms with van der Waals surface area (Å²) in [6.45, 7) is 2.61. The fraction of sp³-hybridized carbons (Fsp3) is 0.435. The largest absolute Gasteiger partial charge is 0.497 e. The monoisotopic (exact) mass is 464 g/mol. The highest BCUT2D eigenvalue weighted by molar-refractivity contribution is 7.88. The van der Waals surface area contributed by atoms with Gasteiger partial charge in [-0.15, -0.1) is 0 Å². The van der Waals surface area contributed by atoms with E-state index in [0.29, 0.717) is 31.4 Å². The molecule has 1 heterocycles. The molecule has 174 valence electrons. The Morgan fingerprint density at radius 1 is 1.19 bits per heavy atom. The van der Waals surface area contributed by atoms with E-state index in [-0.39, 0.29) is 18.4 Å². The maximum atomic E-state index is 13.5. The summed E-state index contributed by atoms with van der Waals surface area (Å²) in [7, 11) is -1.71. The molecular formula is C23H29FN2O5S. The van der Waals surface area contributed by atoms with Crippen molar-refractivity contribution < 1.29 is 27.1 Å². The van der Waals surface area contributed by atoms with E-state index in [1.165, 1.54) is 12.1 Å². The van der Waals surface area contributed by atoms with Gasteiger partial charge in [0.15, 0.2) is 0 Å². The molecule has 0 radical (unpaired) electrons. The quantitative estimate of drug-likeness (QED) is 0.568. The maximum absolute atomic E-state index is 13.5. The fourth-order valence-electron chi connectivity index (χ4n) is 3.99. The van der Waals surface area contributed by atoms with E-state index in [9.17, 15) is 17.6 Å². The van der Waals surface area contributed by atoms with E-state index in [1.54, 1.807) is 24.1 Å². The summed E-state index contributed by atoms with van der Waals surface area (Å²) < 4.78 is 49.9. The normalized spacial score (nSPS) is 20.0. The van der Waals surface area contributed by atoms with E-state index in [4.69, 9.17) is 9.47 Å². The molecule has 2 aromatic carbocycles. The number of nitrogens with zero attached hydrogens (tertiary/aromatic N) is 1. The highest BCUT2D eigenvalue weighted by Gasteiger charge is 2.43. The van der Waals surface area contributed by atoms with E-state index in [2.05, 4.69) is 4.72 Å². The number of ether oxygens (including phenoxy) is 2. The van der Waals surface area contributed by atoms with Gasteiger partial charge in [-0.2, -0.15) is 0 Å². The van der Waals surface area contributed by atoms with Gasteiger partial charge in [-0.3, -0.25) is 0 Å². The minimum atomic E-state index is -3.31. The second-order valence-electron chi connectivity index (χ2n) is 8.03. The van der Waals surface area contributed by atoms with Crippen molar-refractivity contribution >= 4 is 16.1 Å². The lowest BCUT2D eigenvalue weighted by molar-refractivity contribution is -0.0662. The molecule has 9 heteroatoms. The van der Waals surface area contributed by atoms with E-state index < -0.39 is 21.7 Å². The van der Waals surface area contributed by atoms with Gasteiger partial charge in [-0.1, -0.05) is 24.3 Å². The third kappa shape index (κ3) is 5.77. The van der Waals surface area contributed by atoms with Crippen molar-refractivity contribution in [3.8, 4) is 5.75 Å². The van der Waals surface area contributed by atoms with Crippen LogP contribution in [0.15, 0.2) is 48.5 Å².